The lowest BCUT2D eigenvalue weighted by Crippen LogP contribution is -2.33. The van der Waals surface area contributed by atoms with Crippen LogP contribution in [0, 0.1) is 0 Å². The summed E-state index contributed by atoms with van der Waals surface area (Å²) in [6.07, 6.45) is 4.52. The highest BCUT2D eigenvalue weighted by Crippen LogP contribution is 2.37. The number of benzene rings is 1. The van der Waals surface area contributed by atoms with Crippen LogP contribution in [0.2, 0.25) is 0 Å². The number of halogens is 1. The van der Waals surface area contributed by atoms with E-state index in [4.69, 9.17) is 9.47 Å². The molecule has 0 saturated carbocycles. The van der Waals surface area contributed by atoms with Crippen molar-refractivity contribution >= 4 is 33.3 Å². The van der Waals surface area contributed by atoms with E-state index in [1.54, 1.807) is 10.8 Å². The molecule has 0 atom stereocenters. The van der Waals surface area contributed by atoms with Crippen LogP contribution in [0.25, 0.3) is 6.08 Å². The number of nitrogens with zero attached hydrogens (tertiary/aromatic N) is 3. The topological polar surface area (TPSA) is 65.7 Å². The van der Waals surface area contributed by atoms with Gasteiger partial charge in [0.05, 0.1) is 21.3 Å². The van der Waals surface area contributed by atoms with E-state index >= 15 is 0 Å². The first kappa shape index (κ1) is 19.8. The molecule has 4 rings (SSSR count). The molecule has 0 bridgehead atoms. The van der Waals surface area contributed by atoms with Gasteiger partial charge in [0.2, 0.25) is 0 Å². The Bertz CT molecular complexity index is 1190. The molecule has 0 saturated heterocycles. The molecule has 0 fully saturated rings. The number of aromatic nitrogens is 2. The number of hydrogen-bond donors (Lipinski definition) is 0. The van der Waals surface area contributed by atoms with Gasteiger partial charge >= 0.3 is 0 Å². The number of hydrogen-bond acceptors (Lipinski definition) is 6. The second kappa shape index (κ2) is 8.92. The second-order valence-corrected chi connectivity index (χ2v) is 8.32. The molecule has 1 aliphatic heterocycles. The Morgan fingerprint density at radius 3 is 2.97 bits per heavy atom. The summed E-state index contributed by atoms with van der Waals surface area (Å²) in [6, 6.07) is 9.52. The monoisotopic (exact) mass is 473 g/mol. The summed E-state index contributed by atoms with van der Waals surface area (Å²) in [7, 11) is 0. The zero-order valence-electron chi connectivity index (χ0n) is 15.9. The van der Waals surface area contributed by atoms with Gasteiger partial charge < -0.3 is 9.47 Å². The molecule has 2 aromatic heterocycles. The van der Waals surface area contributed by atoms with Crippen molar-refractivity contribution in [1.82, 2.24) is 9.55 Å². The smallest absolute Gasteiger partial charge is 0.270 e. The van der Waals surface area contributed by atoms with Gasteiger partial charge in [-0.05, 0) is 65.2 Å². The zero-order chi connectivity index (χ0) is 20.2. The fraction of sp³-hybridized carbons (Fsp3) is 0.286. The first-order chi connectivity index (χ1) is 14.2. The lowest BCUT2D eigenvalue weighted by Gasteiger charge is -2.14. The van der Waals surface area contributed by atoms with Crippen LogP contribution in [0.3, 0.4) is 0 Å². The Labute approximate surface area is 180 Å². The summed E-state index contributed by atoms with van der Waals surface area (Å²) in [4.78, 5) is 22.2. The molecule has 3 heterocycles. The molecule has 0 N–H and O–H groups in total. The minimum absolute atomic E-state index is 0.00871. The van der Waals surface area contributed by atoms with Gasteiger partial charge in [0.25, 0.3) is 5.56 Å². The van der Waals surface area contributed by atoms with Crippen LogP contribution in [0.4, 0.5) is 0 Å². The minimum atomic E-state index is 0.00871. The van der Waals surface area contributed by atoms with Gasteiger partial charge in [0.15, 0.2) is 16.3 Å². The molecule has 1 aliphatic rings. The Morgan fingerprint density at radius 1 is 1.31 bits per heavy atom. The van der Waals surface area contributed by atoms with E-state index in [0.717, 1.165) is 40.0 Å². The number of ether oxygens (including phenoxy) is 2. The zero-order valence-corrected chi connectivity index (χ0v) is 18.3. The second-order valence-electron chi connectivity index (χ2n) is 6.46. The largest absolute Gasteiger partial charge is 0.489 e. The summed E-state index contributed by atoms with van der Waals surface area (Å²) in [5.41, 5.74) is 1.69. The first-order valence-electron chi connectivity index (χ1n) is 9.40. The van der Waals surface area contributed by atoms with Crippen molar-refractivity contribution in [3.63, 3.8) is 0 Å². The van der Waals surface area contributed by atoms with Crippen molar-refractivity contribution in [2.75, 3.05) is 13.2 Å². The van der Waals surface area contributed by atoms with Gasteiger partial charge in [-0.1, -0.05) is 17.4 Å². The van der Waals surface area contributed by atoms with E-state index in [-0.39, 0.29) is 5.56 Å². The minimum Gasteiger partial charge on any atom is -0.489 e. The van der Waals surface area contributed by atoms with Gasteiger partial charge in [-0.2, -0.15) is 0 Å². The summed E-state index contributed by atoms with van der Waals surface area (Å²) < 4.78 is 15.0. The van der Waals surface area contributed by atoms with Crippen LogP contribution in [0.15, 0.2) is 50.8 Å². The highest BCUT2D eigenvalue weighted by molar-refractivity contribution is 9.10. The number of pyridine rings is 1. The normalized spacial score (nSPS) is 13.7. The highest BCUT2D eigenvalue weighted by atomic mass is 79.9. The predicted molar refractivity (Wildman–Crippen MR) is 116 cm³/mol. The summed E-state index contributed by atoms with van der Waals surface area (Å²) in [6.45, 7) is 4.27. The summed E-state index contributed by atoms with van der Waals surface area (Å²) in [5, 5.41) is 0. The van der Waals surface area contributed by atoms with Gasteiger partial charge in [-0.15, -0.1) is 0 Å². The third-order valence-corrected chi connectivity index (χ3v) is 6.03. The fourth-order valence-electron chi connectivity index (χ4n) is 3.08. The number of fused-ring (bicyclic) bond motifs is 1. The van der Waals surface area contributed by atoms with E-state index in [1.165, 1.54) is 11.3 Å². The third kappa shape index (κ3) is 4.43. The Hall–Kier alpha value is -2.45. The maximum absolute atomic E-state index is 12.7. The molecule has 0 aliphatic carbocycles. The molecule has 29 heavy (non-hydrogen) atoms. The van der Waals surface area contributed by atoms with Gasteiger partial charge in [0.1, 0.15) is 6.61 Å². The predicted octanol–water partition coefficient (Wildman–Crippen LogP) is 2.90. The van der Waals surface area contributed by atoms with Crippen molar-refractivity contribution in [2.45, 2.75) is 26.5 Å². The van der Waals surface area contributed by atoms with Crippen LogP contribution in [-0.2, 0) is 13.2 Å². The Kier molecular flexibility index (Phi) is 6.10. The third-order valence-electron chi connectivity index (χ3n) is 4.39. The van der Waals surface area contributed by atoms with Gasteiger partial charge in [0, 0.05) is 19.3 Å². The number of rotatable bonds is 6. The van der Waals surface area contributed by atoms with E-state index < -0.39 is 0 Å². The standard InChI is InChI=1S/C21H20BrN3O3S/c1-2-27-19-16(22)10-14(11-17(19)28-13-15-6-3-4-7-23-15)12-18-20(26)25-9-5-8-24-21(25)29-18/h3-4,6-7,10-12H,2,5,8-9,13H2,1H3/b18-12+. The average Bonchev–Trinajstić information content (AvgIpc) is 3.05. The van der Waals surface area contributed by atoms with Gasteiger partial charge in [-0.3, -0.25) is 19.3 Å². The van der Waals surface area contributed by atoms with E-state index in [2.05, 4.69) is 25.9 Å². The summed E-state index contributed by atoms with van der Waals surface area (Å²) in [5.74, 6) is 1.24. The molecule has 6 nitrogen and oxygen atoms in total. The average molecular weight is 474 g/mol. The van der Waals surface area contributed by atoms with Crippen LogP contribution in [0.5, 0.6) is 11.5 Å². The van der Waals surface area contributed by atoms with E-state index in [9.17, 15) is 4.79 Å². The van der Waals surface area contributed by atoms with E-state index in [0.29, 0.717) is 29.2 Å². The molecule has 0 radical (unpaired) electrons. The maximum Gasteiger partial charge on any atom is 0.270 e. The van der Waals surface area contributed by atoms with Crippen LogP contribution in [0.1, 0.15) is 24.6 Å². The molecule has 3 aromatic rings. The quantitative estimate of drug-likeness (QED) is 0.551. The van der Waals surface area contributed by atoms with Crippen LogP contribution >= 0.6 is 27.3 Å². The highest BCUT2D eigenvalue weighted by Gasteiger charge is 2.13. The molecule has 0 amide bonds. The number of thiazole rings is 1. The molecular formula is C21H20BrN3O3S. The molecule has 0 unspecified atom stereocenters. The first-order valence-corrected chi connectivity index (χ1v) is 11.0. The molecule has 0 spiro atoms. The Balaban J connectivity index is 1.72. The lowest BCUT2D eigenvalue weighted by atomic mass is 10.2. The summed E-state index contributed by atoms with van der Waals surface area (Å²) >= 11 is 5.00. The van der Waals surface area contributed by atoms with Crippen LogP contribution < -0.4 is 24.4 Å². The van der Waals surface area contributed by atoms with E-state index in [1.807, 2.05) is 43.3 Å². The van der Waals surface area contributed by atoms with Crippen molar-refractivity contribution in [2.24, 2.45) is 4.99 Å². The molecule has 8 heteroatoms. The maximum atomic E-state index is 12.7. The van der Waals surface area contributed by atoms with Crippen molar-refractivity contribution < 1.29 is 9.47 Å². The Morgan fingerprint density at radius 2 is 2.21 bits per heavy atom. The molecule has 1 aromatic carbocycles. The molecule has 150 valence electrons. The lowest BCUT2D eigenvalue weighted by molar-refractivity contribution is 0.265. The SMILES string of the molecule is CCOc1c(Br)cc(/C=c2/sc3n(c2=O)CCCN=3)cc1OCc1ccccn1. The fourth-order valence-corrected chi connectivity index (χ4v) is 4.68. The van der Waals surface area contributed by atoms with Crippen LogP contribution in [-0.4, -0.2) is 22.7 Å². The molecular weight excluding hydrogens is 454 g/mol. The van der Waals surface area contributed by atoms with Crippen molar-refractivity contribution in [3.05, 3.63) is 71.9 Å². The van der Waals surface area contributed by atoms with Gasteiger partial charge in [-0.25, -0.2) is 0 Å². The van der Waals surface area contributed by atoms with Crippen molar-refractivity contribution in [1.29, 1.82) is 0 Å². The van der Waals surface area contributed by atoms with Crippen molar-refractivity contribution in [3.8, 4) is 11.5 Å².